The summed E-state index contributed by atoms with van der Waals surface area (Å²) in [4.78, 5) is 28.2. The van der Waals surface area contributed by atoms with Crippen LogP contribution >= 0.6 is 0 Å². The maximum absolute atomic E-state index is 12.0. The lowest BCUT2D eigenvalue weighted by Crippen LogP contribution is -2.17. The smallest absolute Gasteiger partial charge is 0.357 e. The lowest BCUT2D eigenvalue weighted by molar-refractivity contribution is 0.0518. The molecule has 0 amide bonds. The number of aryl methyl sites for hydroxylation is 1. The second-order valence-corrected chi connectivity index (χ2v) is 5.37. The number of H-pyrrole nitrogens is 1. The summed E-state index contributed by atoms with van der Waals surface area (Å²) in [6, 6.07) is 0. The summed E-state index contributed by atoms with van der Waals surface area (Å²) in [6.07, 6.45) is 3.10. The Morgan fingerprint density at radius 3 is 2.81 bits per heavy atom. The Labute approximate surface area is 122 Å². The summed E-state index contributed by atoms with van der Waals surface area (Å²) in [5.41, 5.74) is -0.232. The van der Waals surface area contributed by atoms with E-state index in [1.807, 2.05) is 13.8 Å². The largest absolute Gasteiger partial charge is 0.475 e. The summed E-state index contributed by atoms with van der Waals surface area (Å²) >= 11 is 0. The second kappa shape index (κ2) is 5.59. The molecule has 1 aromatic rings. The third-order valence-electron chi connectivity index (χ3n) is 2.94. The molecule has 7 heteroatoms. The zero-order valence-electron chi connectivity index (χ0n) is 12.6. The lowest BCUT2D eigenvalue weighted by Gasteiger charge is -2.07. The van der Waals surface area contributed by atoms with Crippen LogP contribution in [0, 0.1) is 0 Å². The van der Waals surface area contributed by atoms with E-state index in [1.54, 1.807) is 13.0 Å². The Morgan fingerprint density at radius 1 is 1.52 bits per heavy atom. The molecule has 114 valence electrons. The SMILES string of the molecule is CCOC(=O)c1[nH]n(C)c(=O)c1/C=C/C1=NC(C)(C)CO1. The maximum Gasteiger partial charge on any atom is 0.357 e. The van der Waals surface area contributed by atoms with Crippen LogP contribution in [0.3, 0.4) is 0 Å². The first-order valence-corrected chi connectivity index (χ1v) is 6.71. The fraction of sp³-hybridized carbons (Fsp3) is 0.500. The van der Waals surface area contributed by atoms with Gasteiger partial charge in [-0.3, -0.25) is 14.6 Å². The first-order valence-electron chi connectivity index (χ1n) is 6.71. The van der Waals surface area contributed by atoms with E-state index in [2.05, 4.69) is 10.1 Å². The van der Waals surface area contributed by atoms with Gasteiger partial charge in [-0.05, 0) is 26.8 Å². The summed E-state index contributed by atoms with van der Waals surface area (Å²) in [6.45, 7) is 6.34. The maximum atomic E-state index is 12.0. The normalized spacial score (nSPS) is 16.9. The van der Waals surface area contributed by atoms with Gasteiger partial charge in [0.1, 0.15) is 6.61 Å². The molecule has 0 bridgehead atoms. The highest BCUT2D eigenvalue weighted by molar-refractivity contribution is 5.96. The van der Waals surface area contributed by atoms with E-state index in [0.717, 1.165) is 0 Å². The van der Waals surface area contributed by atoms with Gasteiger partial charge in [0.05, 0.1) is 17.7 Å². The van der Waals surface area contributed by atoms with Crippen molar-refractivity contribution < 1.29 is 14.3 Å². The Balaban J connectivity index is 2.32. The van der Waals surface area contributed by atoms with E-state index in [9.17, 15) is 9.59 Å². The van der Waals surface area contributed by atoms with Crippen molar-refractivity contribution in [2.75, 3.05) is 13.2 Å². The van der Waals surface area contributed by atoms with Crippen molar-refractivity contribution in [2.24, 2.45) is 12.0 Å². The molecular formula is C14H19N3O4. The predicted molar refractivity (Wildman–Crippen MR) is 78.5 cm³/mol. The molecule has 0 spiro atoms. The zero-order chi connectivity index (χ0) is 15.6. The summed E-state index contributed by atoms with van der Waals surface area (Å²) in [7, 11) is 1.54. The highest BCUT2D eigenvalue weighted by Gasteiger charge is 2.25. The number of rotatable bonds is 4. The van der Waals surface area contributed by atoms with E-state index >= 15 is 0 Å². The highest BCUT2D eigenvalue weighted by atomic mass is 16.5. The van der Waals surface area contributed by atoms with Gasteiger partial charge in [-0.2, -0.15) is 0 Å². The van der Waals surface area contributed by atoms with Crippen LogP contribution in [0.25, 0.3) is 6.08 Å². The van der Waals surface area contributed by atoms with Crippen LogP contribution < -0.4 is 5.56 Å². The Kier molecular flexibility index (Phi) is 4.02. The van der Waals surface area contributed by atoms with Crippen LogP contribution in [-0.4, -0.2) is 40.4 Å². The molecule has 2 heterocycles. The number of ether oxygens (including phenoxy) is 2. The highest BCUT2D eigenvalue weighted by Crippen LogP contribution is 2.17. The number of nitrogens with zero attached hydrogens (tertiary/aromatic N) is 2. The molecule has 0 saturated heterocycles. The van der Waals surface area contributed by atoms with Gasteiger partial charge in [0.25, 0.3) is 5.56 Å². The number of aromatic nitrogens is 2. The van der Waals surface area contributed by atoms with Gasteiger partial charge in [0, 0.05) is 13.1 Å². The molecule has 1 aromatic heterocycles. The standard InChI is InChI=1S/C14H19N3O4/c1-5-20-13(19)11-9(12(18)17(4)16-11)6-7-10-15-14(2,3)8-21-10/h6-7,16H,5,8H2,1-4H3/b7-6+. The molecule has 0 saturated carbocycles. The monoisotopic (exact) mass is 293 g/mol. The Hall–Kier alpha value is -2.31. The van der Waals surface area contributed by atoms with E-state index < -0.39 is 5.97 Å². The fourth-order valence-electron chi connectivity index (χ4n) is 1.93. The van der Waals surface area contributed by atoms with Crippen LogP contribution in [0.5, 0.6) is 0 Å². The molecule has 0 fully saturated rings. The average molecular weight is 293 g/mol. The van der Waals surface area contributed by atoms with Gasteiger partial charge in [0.15, 0.2) is 5.69 Å². The van der Waals surface area contributed by atoms with Crippen molar-refractivity contribution in [1.29, 1.82) is 0 Å². The summed E-state index contributed by atoms with van der Waals surface area (Å²) < 4.78 is 11.6. The van der Waals surface area contributed by atoms with E-state index in [4.69, 9.17) is 9.47 Å². The molecule has 0 aromatic carbocycles. The van der Waals surface area contributed by atoms with E-state index in [0.29, 0.717) is 12.5 Å². The van der Waals surface area contributed by atoms with E-state index in [-0.39, 0.29) is 29.0 Å². The summed E-state index contributed by atoms with van der Waals surface area (Å²) in [5.74, 6) is -0.123. The molecule has 21 heavy (non-hydrogen) atoms. The topological polar surface area (TPSA) is 85.7 Å². The molecule has 0 radical (unpaired) electrons. The third-order valence-corrected chi connectivity index (χ3v) is 2.94. The fourth-order valence-corrected chi connectivity index (χ4v) is 1.93. The van der Waals surface area contributed by atoms with Gasteiger partial charge >= 0.3 is 5.97 Å². The van der Waals surface area contributed by atoms with Crippen LogP contribution in [0.15, 0.2) is 15.9 Å². The van der Waals surface area contributed by atoms with Crippen molar-refractivity contribution in [3.63, 3.8) is 0 Å². The van der Waals surface area contributed by atoms with Crippen molar-refractivity contribution in [3.8, 4) is 0 Å². The van der Waals surface area contributed by atoms with Crippen molar-refractivity contribution >= 4 is 17.9 Å². The second-order valence-electron chi connectivity index (χ2n) is 5.37. The molecule has 2 rings (SSSR count). The molecule has 7 nitrogen and oxygen atoms in total. The predicted octanol–water partition coefficient (Wildman–Crippen LogP) is 1.11. The van der Waals surface area contributed by atoms with Crippen LogP contribution in [-0.2, 0) is 16.5 Å². The van der Waals surface area contributed by atoms with Crippen LogP contribution in [0.2, 0.25) is 0 Å². The van der Waals surface area contributed by atoms with Crippen molar-refractivity contribution in [1.82, 2.24) is 9.78 Å². The number of nitrogens with one attached hydrogen (secondary N) is 1. The Bertz CT molecular complexity index is 664. The van der Waals surface area contributed by atoms with Gasteiger partial charge in [0.2, 0.25) is 5.90 Å². The quantitative estimate of drug-likeness (QED) is 0.843. The molecule has 0 unspecified atom stereocenters. The minimum absolute atomic E-state index is 0.124. The number of hydrogen-bond donors (Lipinski definition) is 1. The van der Waals surface area contributed by atoms with Gasteiger partial charge < -0.3 is 9.47 Å². The Morgan fingerprint density at radius 2 is 2.24 bits per heavy atom. The van der Waals surface area contributed by atoms with Crippen molar-refractivity contribution in [3.05, 3.63) is 27.7 Å². The molecule has 0 atom stereocenters. The minimum Gasteiger partial charge on any atom is -0.475 e. The molecule has 1 N–H and O–H groups in total. The van der Waals surface area contributed by atoms with Crippen LogP contribution in [0.4, 0.5) is 0 Å². The van der Waals surface area contributed by atoms with Crippen LogP contribution in [0.1, 0.15) is 36.8 Å². The minimum atomic E-state index is -0.565. The van der Waals surface area contributed by atoms with Gasteiger partial charge in [-0.25, -0.2) is 9.79 Å². The zero-order valence-corrected chi connectivity index (χ0v) is 12.6. The first kappa shape index (κ1) is 15.1. The molecule has 1 aliphatic heterocycles. The first-order chi connectivity index (χ1) is 9.84. The number of aromatic amines is 1. The number of aliphatic imine (C=N–C) groups is 1. The van der Waals surface area contributed by atoms with Gasteiger partial charge in [-0.15, -0.1) is 0 Å². The van der Waals surface area contributed by atoms with E-state index in [1.165, 1.54) is 17.8 Å². The number of hydrogen-bond acceptors (Lipinski definition) is 5. The molecule has 0 aliphatic carbocycles. The lowest BCUT2D eigenvalue weighted by atomic mass is 10.1. The molecule has 1 aliphatic rings. The van der Waals surface area contributed by atoms with Crippen molar-refractivity contribution in [2.45, 2.75) is 26.3 Å². The number of carbonyl (C=O) groups excluding carboxylic acids is 1. The summed E-state index contributed by atoms with van der Waals surface area (Å²) in [5, 5.41) is 2.69. The molecular weight excluding hydrogens is 274 g/mol. The number of carbonyl (C=O) groups is 1. The van der Waals surface area contributed by atoms with Gasteiger partial charge in [-0.1, -0.05) is 0 Å². The number of esters is 1. The third kappa shape index (κ3) is 3.24. The average Bonchev–Trinajstić information content (AvgIpc) is 2.89.